The quantitative estimate of drug-likeness (QED) is 0.855. The van der Waals surface area contributed by atoms with E-state index in [4.69, 9.17) is 4.74 Å². The molecule has 3 heterocycles. The molecule has 0 spiro atoms. The number of nitrogens with zero attached hydrogens (tertiary/aromatic N) is 3. The highest BCUT2D eigenvalue weighted by Crippen LogP contribution is 2.51. The fraction of sp³-hybridized carbons (Fsp3) is 0.455. The molecule has 2 aromatic rings. The first-order valence-electron chi connectivity index (χ1n) is 10.2. The molecular formula is C22H27N3O2S. The van der Waals surface area contributed by atoms with Crippen molar-refractivity contribution < 1.29 is 9.84 Å². The van der Waals surface area contributed by atoms with Crippen LogP contribution in [0.25, 0.3) is 0 Å². The van der Waals surface area contributed by atoms with E-state index < -0.39 is 0 Å². The number of aliphatic hydroxyl groups excluding tert-OH is 1. The SMILES string of the molecule is OCCN1CCN([C@@H]2Sc3ccccc3N2C2CCOc3ccccc32)CC1. The fourth-order valence-corrected chi connectivity index (χ4v) is 6.01. The average Bonchev–Trinajstić information content (AvgIpc) is 3.13. The maximum absolute atomic E-state index is 9.24. The van der Waals surface area contributed by atoms with E-state index >= 15 is 0 Å². The van der Waals surface area contributed by atoms with Crippen molar-refractivity contribution in [2.45, 2.75) is 22.9 Å². The highest BCUT2D eigenvalue weighted by atomic mass is 32.2. The van der Waals surface area contributed by atoms with Gasteiger partial charge < -0.3 is 14.7 Å². The third-order valence-corrected chi connectivity index (χ3v) is 7.35. The number of rotatable bonds is 4. The summed E-state index contributed by atoms with van der Waals surface area (Å²) in [6.07, 6.45) is 1.01. The molecule has 0 aliphatic carbocycles. The minimum Gasteiger partial charge on any atom is -0.493 e. The van der Waals surface area contributed by atoms with Crippen LogP contribution in [-0.2, 0) is 0 Å². The zero-order valence-corrected chi connectivity index (χ0v) is 16.9. The highest BCUT2D eigenvalue weighted by Gasteiger charge is 2.41. The number of thioether (sulfide) groups is 1. The Labute approximate surface area is 170 Å². The molecule has 2 atom stereocenters. The molecule has 0 radical (unpaired) electrons. The van der Waals surface area contributed by atoms with E-state index in [9.17, 15) is 5.11 Å². The van der Waals surface area contributed by atoms with Gasteiger partial charge in [0.1, 0.15) is 11.2 Å². The predicted octanol–water partition coefficient (Wildman–Crippen LogP) is 3.02. The predicted molar refractivity (Wildman–Crippen MR) is 113 cm³/mol. The van der Waals surface area contributed by atoms with Crippen LogP contribution in [0.4, 0.5) is 5.69 Å². The number of benzene rings is 2. The van der Waals surface area contributed by atoms with E-state index in [-0.39, 0.29) is 6.61 Å². The number of ether oxygens (including phenoxy) is 1. The molecule has 1 saturated heterocycles. The Kier molecular flexibility index (Phi) is 5.20. The summed E-state index contributed by atoms with van der Waals surface area (Å²) < 4.78 is 5.95. The molecule has 1 fully saturated rings. The lowest BCUT2D eigenvalue weighted by Gasteiger charge is -2.45. The normalized spacial score (nSPS) is 25.2. The first kappa shape index (κ1) is 18.3. The second-order valence-electron chi connectivity index (χ2n) is 7.61. The number of β-amino-alcohol motifs (C(OH)–C–C–N with tert-alkyl or cyclic N) is 1. The molecule has 0 aromatic heterocycles. The summed E-state index contributed by atoms with van der Waals surface area (Å²) in [6.45, 7) is 5.90. The van der Waals surface area contributed by atoms with Crippen molar-refractivity contribution in [3.8, 4) is 5.75 Å². The van der Waals surface area contributed by atoms with Crippen molar-refractivity contribution >= 4 is 17.4 Å². The lowest BCUT2D eigenvalue weighted by molar-refractivity contribution is 0.102. The maximum Gasteiger partial charge on any atom is 0.136 e. The lowest BCUT2D eigenvalue weighted by Crippen LogP contribution is -2.55. The molecular weight excluding hydrogens is 370 g/mol. The van der Waals surface area contributed by atoms with Gasteiger partial charge in [-0.1, -0.05) is 42.1 Å². The van der Waals surface area contributed by atoms with Crippen LogP contribution in [0, 0.1) is 0 Å². The number of aliphatic hydroxyl groups is 1. The Hall–Kier alpha value is -1.73. The van der Waals surface area contributed by atoms with Gasteiger partial charge in [0.25, 0.3) is 0 Å². The Morgan fingerprint density at radius 1 is 1.00 bits per heavy atom. The third kappa shape index (κ3) is 3.28. The van der Waals surface area contributed by atoms with Crippen molar-refractivity contribution in [3.63, 3.8) is 0 Å². The Morgan fingerprint density at radius 2 is 1.79 bits per heavy atom. The monoisotopic (exact) mass is 397 g/mol. The summed E-state index contributed by atoms with van der Waals surface area (Å²) in [7, 11) is 0. The first-order valence-corrected chi connectivity index (χ1v) is 11.1. The van der Waals surface area contributed by atoms with Gasteiger partial charge in [-0.25, -0.2) is 0 Å². The lowest BCUT2D eigenvalue weighted by atomic mass is 9.98. The smallest absolute Gasteiger partial charge is 0.136 e. The van der Waals surface area contributed by atoms with E-state index in [1.54, 1.807) is 0 Å². The van der Waals surface area contributed by atoms with Crippen LogP contribution < -0.4 is 9.64 Å². The zero-order chi connectivity index (χ0) is 18.9. The molecule has 5 nitrogen and oxygen atoms in total. The van der Waals surface area contributed by atoms with Gasteiger partial charge >= 0.3 is 0 Å². The molecule has 148 valence electrons. The van der Waals surface area contributed by atoms with Crippen molar-refractivity contribution in [1.29, 1.82) is 0 Å². The number of hydrogen-bond acceptors (Lipinski definition) is 6. The van der Waals surface area contributed by atoms with Gasteiger partial charge in [0.05, 0.1) is 24.9 Å². The zero-order valence-electron chi connectivity index (χ0n) is 16.0. The van der Waals surface area contributed by atoms with Crippen LogP contribution in [0.2, 0.25) is 0 Å². The molecule has 0 bridgehead atoms. The second kappa shape index (κ2) is 7.95. The van der Waals surface area contributed by atoms with Crippen LogP contribution in [0.15, 0.2) is 53.4 Å². The van der Waals surface area contributed by atoms with Crippen molar-refractivity contribution in [1.82, 2.24) is 9.80 Å². The molecule has 5 rings (SSSR count). The largest absolute Gasteiger partial charge is 0.493 e. The topological polar surface area (TPSA) is 39.2 Å². The van der Waals surface area contributed by atoms with Crippen molar-refractivity contribution in [2.75, 3.05) is 50.8 Å². The number of para-hydroxylation sites is 2. The Morgan fingerprint density at radius 3 is 2.64 bits per heavy atom. The first-order chi connectivity index (χ1) is 13.8. The molecule has 3 aliphatic heterocycles. The van der Waals surface area contributed by atoms with Crippen molar-refractivity contribution in [3.05, 3.63) is 54.1 Å². The standard InChI is InChI=1S/C22H27N3O2S/c26-15-14-23-10-12-24(13-11-23)22-25(19-6-2-4-8-21(19)28-22)18-9-16-27-20-7-3-1-5-17(18)20/h1-8,18,22,26H,9-16H2/t18?,22-/m0/s1. The summed E-state index contributed by atoms with van der Waals surface area (Å²) in [5, 5.41) is 9.24. The van der Waals surface area contributed by atoms with Gasteiger partial charge in [-0.3, -0.25) is 9.80 Å². The van der Waals surface area contributed by atoms with E-state index in [0.29, 0.717) is 11.5 Å². The Bertz CT molecular complexity index is 825. The molecule has 3 aliphatic rings. The molecule has 1 N–H and O–H groups in total. The van der Waals surface area contributed by atoms with E-state index in [1.807, 2.05) is 11.8 Å². The minimum absolute atomic E-state index is 0.245. The summed E-state index contributed by atoms with van der Waals surface area (Å²) in [4.78, 5) is 8.96. The molecule has 2 aromatic carbocycles. The van der Waals surface area contributed by atoms with E-state index in [2.05, 4.69) is 63.2 Å². The van der Waals surface area contributed by atoms with Gasteiger partial charge in [0, 0.05) is 49.6 Å². The molecule has 0 saturated carbocycles. The van der Waals surface area contributed by atoms with Crippen molar-refractivity contribution in [2.24, 2.45) is 0 Å². The third-order valence-electron chi connectivity index (χ3n) is 6.01. The molecule has 28 heavy (non-hydrogen) atoms. The minimum atomic E-state index is 0.245. The van der Waals surface area contributed by atoms with Gasteiger partial charge in [-0.2, -0.15) is 0 Å². The van der Waals surface area contributed by atoms with E-state index in [1.165, 1.54) is 16.1 Å². The summed E-state index contributed by atoms with van der Waals surface area (Å²) in [5.74, 6) is 1.03. The second-order valence-corrected chi connectivity index (χ2v) is 8.71. The Balaban J connectivity index is 1.46. The number of hydrogen-bond donors (Lipinski definition) is 1. The van der Waals surface area contributed by atoms with Crippen LogP contribution in [0.5, 0.6) is 5.75 Å². The fourth-order valence-electron chi connectivity index (χ4n) is 4.59. The number of piperazine rings is 1. The van der Waals surface area contributed by atoms with Gasteiger partial charge in [0.2, 0.25) is 0 Å². The summed E-state index contributed by atoms with van der Waals surface area (Å²) >= 11 is 1.98. The van der Waals surface area contributed by atoms with Crippen LogP contribution in [-0.4, -0.2) is 66.3 Å². The highest BCUT2D eigenvalue weighted by molar-refractivity contribution is 8.00. The van der Waals surface area contributed by atoms with Crippen LogP contribution in [0.3, 0.4) is 0 Å². The molecule has 0 amide bonds. The van der Waals surface area contributed by atoms with Gasteiger partial charge in [-0.15, -0.1) is 0 Å². The molecule has 1 unspecified atom stereocenters. The van der Waals surface area contributed by atoms with Gasteiger partial charge in [0.15, 0.2) is 0 Å². The number of fused-ring (bicyclic) bond motifs is 2. The van der Waals surface area contributed by atoms with E-state index in [0.717, 1.165) is 51.5 Å². The number of anilines is 1. The summed E-state index contributed by atoms with van der Waals surface area (Å²) in [5.41, 5.74) is 2.96. The average molecular weight is 398 g/mol. The van der Waals surface area contributed by atoms with Gasteiger partial charge in [-0.05, 0) is 18.2 Å². The molecule has 6 heteroatoms. The maximum atomic E-state index is 9.24. The van der Waals surface area contributed by atoms with Crippen LogP contribution in [0.1, 0.15) is 18.0 Å². The van der Waals surface area contributed by atoms with Crippen LogP contribution >= 0.6 is 11.8 Å². The summed E-state index contributed by atoms with van der Waals surface area (Å²) in [6, 6.07) is 17.6.